The Bertz CT molecular complexity index is 456. The maximum absolute atomic E-state index is 11.5. The van der Waals surface area contributed by atoms with Crippen LogP contribution < -0.4 is 10.2 Å². The van der Waals surface area contributed by atoms with Crippen molar-refractivity contribution in [3.8, 4) is 5.75 Å². The van der Waals surface area contributed by atoms with Crippen molar-refractivity contribution in [2.45, 2.75) is 11.4 Å². The molecule has 0 saturated carbocycles. The monoisotopic (exact) mass is 245 g/mol. The molecule has 0 atom stereocenters. The maximum Gasteiger partial charge on any atom is 0.179 e. The molecule has 1 aromatic carbocycles. The summed E-state index contributed by atoms with van der Waals surface area (Å²) in [5.74, 6) is 0.356. The second-order valence-electron chi connectivity index (χ2n) is 3.25. The lowest BCUT2D eigenvalue weighted by Gasteiger charge is -2.12. The predicted octanol–water partition coefficient (Wildman–Crippen LogP) is 0.750. The normalized spacial score (nSPS) is 11.4. The number of rotatable bonds is 5. The summed E-state index contributed by atoms with van der Waals surface area (Å²) in [5, 5.41) is 0. The number of nitrogens with one attached hydrogen (secondary N) is 1. The second-order valence-corrected chi connectivity index (χ2v) is 5.23. The molecule has 0 bridgehead atoms. The van der Waals surface area contributed by atoms with Crippen molar-refractivity contribution in [2.75, 3.05) is 20.5 Å². The van der Waals surface area contributed by atoms with Crippen LogP contribution in [-0.4, -0.2) is 28.9 Å². The minimum atomic E-state index is -3.29. The van der Waals surface area contributed by atoms with Gasteiger partial charge >= 0.3 is 0 Å². The van der Waals surface area contributed by atoms with Crippen LogP contribution in [0.1, 0.15) is 5.56 Å². The Morgan fingerprint density at radius 2 is 2.00 bits per heavy atom. The van der Waals surface area contributed by atoms with Crippen molar-refractivity contribution >= 4 is 9.84 Å². The number of hydrogen-bond acceptors (Lipinski definition) is 5. The van der Waals surface area contributed by atoms with Crippen LogP contribution in [0.5, 0.6) is 5.75 Å². The molecule has 0 aliphatic rings. The average molecular weight is 245 g/mol. The molecule has 6 heteroatoms. The third kappa shape index (κ3) is 2.94. The van der Waals surface area contributed by atoms with Crippen molar-refractivity contribution in [2.24, 2.45) is 0 Å². The Morgan fingerprint density at radius 1 is 1.31 bits per heavy atom. The van der Waals surface area contributed by atoms with Gasteiger partial charge in [-0.1, -0.05) is 12.1 Å². The van der Waals surface area contributed by atoms with Gasteiger partial charge in [0, 0.05) is 18.4 Å². The van der Waals surface area contributed by atoms with Crippen molar-refractivity contribution in [1.82, 2.24) is 5.48 Å². The first-order valence-corrected chi connectivity index (χ1v) is 6.51. The highest BCUT2D eigenvalue weighted by atomic mass is 32.2. The molecule has 0 aromatic heterocycles. The number of methoxy groups -OCH3 is 1. The van der Waals surface area contributed by atoms with Gasteiger partial charge in [-0.15, -0.1) is 0 Å². The van der Waals surface area contributed by atoms with Gasteiger partial charge in [0.15, 0.2) is 9.84 Å². The maximum atomic E-state index is 11.5. The fraction of sp³-hybridized carbons (Fsp3) is 0.400. The Hall–Kier alpha value is -1.11. The smallest absolute Gasteiger partial charge is 0.179 e. The van der Waals surface area contributed by atoms with Crippen LogP contribution in [0.15, 0.2) is 23.1 Å². The number of hydroxylamine groups is 1. The fourth-order valence-electron chi connectivity index (χ4n) is 1.37. The van der Waals surface area contributed by atoms with E-state index in [1.54, 1.807) is 12.1 Å². The average Bonchev–Trinajstić information content (AvgIpc) is 2.24. The summed E-state index contributed by atoms with van der Waals surface area (Å²) >= 11 is 0. The molecule has 0 fully saturated rings. The van der Waals surface area contributed by atoms with Crippen LogP contribution in [0.3, 0.4) is 0 Å². The SMILES string of the molecule is CONCc1cccc(S(C)(=O)=O)c1OC. The molecule has 1 N–H and O–H groups in total. The molecular weight excluding hydrogens is 230 g/mol. The Labute approximate surface area is 95.2 Å². The lowest BCUT2D eigenvalue weighted by Crippen LogP contribution is -2.13. The van der Waals surface area contributed by atoms with Gasteiger partial charge in [0.25, 0.3) is 0 Å². The summed E-state index contributed by atoms with van der Waals surface area (Å²) < 4.78 is 28.1. The van der Waals surface area contributed by atoms with Crippen molar-refractivity contribution in [3.63, 3.8) is 0 Å². The second kappa shape index (κ2) is 5.29. The number of sulfone groups is 1. The van der Waals surface area contributed by atoms with Gasteiger partial charge in [-0.3, -0.25) is 0 Å². The fourth-order valence-corrected chi connectivity index (χ4v) is 2.25. The molecule has 16 heavy (non-hydrogen) atoms. The van der Waals surface area contributed by atoms with Crippen LogP contribution >= 0.6 is 0 Å². The van der Waals surface area contributed by atoms with Crippen LogP contribution in [0, 0.1) is 0 Å². The summed E-state index contributed by atoms with van der Waals surface area (Å²) in [5.41, 5.74) is 3.37. The van der Waals surface area contributed by atoms with Crippen LogP contribution in [0.2, 0.25) is 0 Å². The van der Waals surface area contributed by atoms with Gasteiger partial charge in [0.2, 0.25) is 0 Å². The third-order valence-electron chi connectivity index (χ3n) is 2.07. The summed E-state index contributed by atoms with van der Waals surface area (Å²) in [6, 6.07) is 4.97. The zero-order valence-electron chi connectivity index (χ0n) is 9.48. The molecule has 0 spiro atoms. The van der Waals surface area contributed by atoms with E-state index in [1.165, 1.54) is 20.3 Å². The van der Waals surface area contributed by atoms with E-state index in [4.69, 9.17) is 9.57 Å². The van der Waals surface area contributed by atoms with Crippen LogP contribution in [0.25, 0.3) is 0 Å². The van der Waals surface area contributed by atoms with Crippen LogP contribution in [0.4, 0.5) is 0 Å². The molecule has 0 aliphatic carbocycles. The van der Waals surface area contributed by atoms with Gasteiger partial charge in [0.05, 0.1) is 14.2 Å². The molecule has 5 nitrogen and oxygen atoms in total. The number of ether oxygens (including phenoxy) is 1. The van der Waals surface area contributed by atoms with E-state index in [0.717, 1.165) is 11.8 Å². The summed E-state index contributed by atoms with van der Waals surface area (Å²) in [6.45, 7) is 0.378. The Balaban J connectivity index is 3.21. The van der Waals surface area contributed by atoms with E-state index in [-0.39, 0.29) is 4.90 Å². The van der Waals surface area contributed by atoms with E-state index in [9.17, 15) is 8.42 Å². The van der Waals surface area contributed by atoms with Gasteiger partial charge in [-0.2, -0.15) is 5.48 Å². The molecule has 0 unspecified atom stereocenters. The zero-order valence-corrected chi connectivity index (χ0v) is 10.3. The highest BCUT2D eigenvalue weighted by molar-refractivity contribution is 7.90. The van der Waals surface area contributed by atoms with Gasteiger partial charge < -0.3 is 9.57 Å². The summed E-state index contributed by atoms with van der Waals surface area (Å²) in [4.78, 5) is 4.90. The topological polar surface area (TPSA) is 64.6 Å². The highest BCUT2D eigenvalue weighted by Crippen LogP contribution is 2.27. The van der Waals surface area contributed by atoms with Crippen molar-refractivity contribution in [1.29, 1.82) is 0 Å². The van der Waals surface area contributed by atoms with E-state index in [0.29, 0.717) is 12.3 Å². The van der Waals surface area contributed by atoms with E-state index in [2.05, 4.69) is 5.48 Å². The van der Waals surface area contributed by atoms with E-state index < -0.39 is 9.84 Å². The lowest BCUT2D eigenvalue weighted by atomic mass is 10.2. The number of hydrogen-bond donors (Lipinski definition) is 1. The number of benzene rings is 1. The molecule has 1 rings (SSSR count). The minimum absolute atomic E-state index is 0.186. The molecule has 0 aliphatic heterocycles. The molecule has 0 saturated heterocycles. The first-order chi connectivity index (χ1) is 7.50. The standard InChI is InChI=1S/C10H15NO4S/c1-14-10-8(7-11-15-2)5-4-6-9(10)16(3,12)13/h4-6,11H,7H2,1-3H3. The van der Waals surface area contributed by atoms with E-state index in [1.807, 2.05) is 0 Å². The molecule has 0 heterocycles. The highest BCUT2D eigenvalue weighted by Gasteiger charge is 2.16. The van der Waals surface area contributed by atoms with Crippen molar-refractivity contribution < 1.29 is 18.0 Å². The number of para-hydroxylation sites is 1. The molecule has 0 amide bonds. The van der Waals surface area contributed by atoms with Crippen molar-refractivity contribution in [3.05, 3.63) is 23.8 Å². The lowest BCUT2D eigenvalue weighted by molar-refractivity contribution is 0.0860. The van der Waals surface area contributed by atoms with Crippen LogP contribution in [-0.2, 0) is 21.2 Å². The quantitative estimate of drug-likeness (QED) is 0.775. The van der Waals surface area contributed by atoms with Gasteiger partial charge in [0.1, 0.15) is 10.6 Å². The van der Waals surface area contributed by atoms with Gasteiger partial charge in [-0.05, 0) is 6.07 Å². The third-order valence-corrected chi connectivity index (χ3v) is 3.19. The first-order valence-electron chi connectivity index (χ1n) is 4.62. The molecule has 0 radical (unpaired) electrons. The Morgan fingerprint density at radius 3 is 2.50 bits per heavy atom. The minimum Gasteiger partial charge on any atom is -0.495 e. The molecule has 1 aromatic rings. The zero-order chi connectivity index (χ0) is 12.2. The molecular formula is C10H15NO4S. The summed E-state index contributed by atoms with van der Waals surface area (Å²) in [7, 11) is -0.349. The summed E-state index contributed by atoms with van der Waals surface area (Å²) in [6.07, 6.45) is 1.15. The Kier molecular flexibility index (Phi) is 4.28. The van der Waals surface area contributed by atoms with E-state index >= 15 is 0 Å². The first kappa shape index (κ1) is 13.0. The predicted molar refractivity (Wildman–Crippen MR) is 60.0 cm³/mol. The van der Waals surface area contributed by atoms with Gasteiger partial charge in [-0.25, -0.2) is 8.42 Å². The molecule has 90 valence electrons. The largest absolute Gasteiger partial charge is 0.495 e.